The van der Waals surface area contributed by atoms with Gasteiger partial charge in [0.1, 0.15) is 12.6 Å². The van der Waals surface area contributed by atoms with Crippen LogP contribution in [0, 0.1) is 0 Å². The maximum Gasteiger partial charge on any atom is 0.333 e. The first-order valence-electron chi connectivity index (χ1n) is 16.1. The van der Waals surface area contributed by atoms with Gasteiger partial charge in [-0.2, -0.15) is 4.58 Å². The molecular weight excluding hydrogens is 572 g/mol. The Hall–Kier alpha value is -4.65. The number of nitrogens with zero attached hydrogens (tertiary/aromatic N) is 4. The molecule has 0 saturated carbocycles. The number of anilines is 1. The summed E-state index contributed by atoms with van der Waals surface area (Å²) < 4.78 is 4.49. The van der Waals surface area contributed by atoms with Gasteiger partial charge in [-0.15, -0.1) is 0 Å². The third kappa shape index (κ3) is 4.75. The molecule has 0 fully saturated rings. The number of aromatic nitrogens is 2. The molecule has 3 heterocycles. The van der Waals surface area contributed by atoms with Crippen LogP contribution in [-0.4, -0.2) is 38.6 Å². The fourth-order valence-corrected chi connectivity index (χ4v) is 7.76. The molecule has 7 heteroatoms. The van der Waals surface area contributed by atoms with Gasteiger partial charge in [0.05, 0.1) is 5.41 Å². The molecule has 0 radical (unpaired) electrons. The van der Waals surface area contributed by atoms with Crippen molar-refractivity contribution in [2.75, 3.05) is 19.0 Å². The predicted octanol–water partition coefficient (Wildman–Crippen LogP) is 6.62. The predicted molar refractivity (Wildman–Crippen MR) is 187 cm³/mol. The Kier molecular flexibility index (Phi) is 7.70. The Morgan fingerprint density at radius 3 is 2.15 bits per heavy atom. The van der Waals surface area contributed by atoms with E-state index in [0.717, 1.165) is 57.4 Å². The van der Waals surface area contributed by atoms with Crippen LogP contribution in [0.3, 0.4) is 0 Å². The van der Waals surface area contributed by atoms with Gasteiger partial charge in [0.15, 0.2) is 5.71 Å². The molecule has 2 aliphatic heterocycles. The van der Waals surface area contributed by atoms with Gasteiger partial charge >= 0.3 is 5.69 Å². The summed E-state index contributed by atoms with van der Waals surface area (Å²) in [5, 5.41) is 11.4. The maximum atomic E-state index is 13.9. The van der Waals surface area contributed by atoms with Crippen molar-refractivity contribution in [2.45, 2.75) is 64.2 Å². The molecule has 0 unspecified atom stereocenters. The summed E-state index contributed by atoms with van der Waals surface area (Å²) in [6.45, 7) is 8.95. The summed E-state index contributed by atoms with van der Waals surface area (Å²) in [5.74, 6) is -0.307. The SMILES string of the molecule is CN1C(=CC=C2CCCCC(C=CC3=[N+](C)c4ccccc4C3(C)C)=C2c2c(O)n(C)c(=O)n(C)c2=O)C(C)(C)c2ccccc21. The lowest BCUT2D eigenvalue weighted by atomic mass is 9.81. The van der Waals surface area contributed by atoms with E-state index in [2.05, 4.69) is 124 Å². The zero-order valence-electron chi connectivity index (χ0n) is 28.3. The van der Waals surface area contributed by atoms with E-state index in [-0.39, 0.29) is 22.3 Å². The van der Waals surface area contributed by atoms with Crippen LogP contribution in [0.5, 0.6) is 5.88 Å². The third-order valence-electron chi connectivity index (χ3n) is 10.4. The molecule has 0 saturated heterocycles. The number of aromatic hydroxyl groups is 1. The average molecular weight is 618 g/mol. The molecule has 3 aliphatic rings. The fraction of sp³-hybridized carbons (Fsp3) is 0.359. The Morgan fingerprint density at radius 1 is 0.804 bits per heavy atom. The van der Waals surface area contributed by atoms with E-state index < -0.39 is 11.2 Å². The van der Waals surface area contributed by atoms with Crippen LogP contribution in [0.2, 0.25) is 0 Å². The minimum atomic E-state index is -0.556. The normalized spacial score (nSPS) is 20.7. The van der Waals surface area contributed by atoms with Gasteiger partial charge in [-0.3, -0.25) is 13.9 Å². The highest BCUT2D eigenvalue weighted by molar-refractivity contribution is 6.03. The lowest BCUT2D eigenvalue weighted by molar-refractivity contribution is -0.401. The molecule has 3 aromatic rings. The Labute approximate surface area is 271 Å². The fourth-order valence-electron chi connectivity index (χ4n) is 7.76. The van der Waals surface area contributed by atoms with Crippen molar-refractivity contribution in [3.8, 4) is 5.88 Å². The Balaban J connectivity index is 1.57. The van der Waals surface area contributed by atoms with Gasteiger partial charge in [-0.1, -0.05) is 62.4 Å². The number of benzene rings is 2. The number of hydrogen-bond acceptors (Lipinski definition) is 4. The first kappa shape index (κ1) is 31.3. The van der Waals surface area contributed by atoms with E-state index in [1.54, 1.807) is 0 Å². The van der Waals surface area contributed by atoms with Crippen molar-refractivity contribution in [3.63, 3.8) is 0 Å². The molecule has 1 N–H and O–H groups in total. The van der Waals surface area contributed by atoms with Crippen LogP contribution in [0.15, 0.2) is 99.3 Å². The standard InChI is InChI=1S/C39H44N4O3/c1-38(2)27-17-11-13-19-29(27)40(5)31(38)23-21-25-15-9-10-16-26(33(25)34-35(44)42(7)37(46)43(8)36(34)45)22-24-32-39(3,4)28-18-12-14-20-30(28)41(32)6/h11-14,17-24H,9-10,15-16H2,1-8H3/p+1. The van der Waals surface area contributed by atoms with Gasteiger partial charge < -0.3 is 10.0 Å². The van der Waals surface area contributed by atoms with E-state index in [9.17, 15) is 14.7 Å². The molecule has 238 valence electrons. The largest absolute Gasteiger partial charge is 0.494 e. The zero-order chi connectivity index (χ0) is 33.1. The number of hydrogen-bond donors (Lipinski definition) is 1. The van der Waals surface area contributed by atoms with Crippen molar-refractivity contribution in [3.05, 3.63) is 127 Å². The zero-order valence-corrected chi connectivity index (χ0v) is 28.3. The van der Waals surface area contributed by atoms with Crippen LogP contribution in [0.4, 0.5) is 11.4 Å². The van der Waals surface area contributed by atoms with Gasteiger partial charge in [-0.25, -0.2) is 4.79 Å². The van der Waals surface area contributed by atoms with Crippen LogP contribution < -0.4 is 16.1 Å². The van der Waals surface area contributed by atoms with Crippen molar-refractivity contribution in [1.82, 2.24) is 9.13 Å². The number of fused-ring (bicyclic) bond motifs is 2. The van der Waals surface area contributed by atoms with Crippen molar-refractivity contribution in [2.24, 2.45) is 14.1 Å². The van der Waals surface area contributed by atoms with Crippen molar-refractivity contribution >= 4 is 22.7 Å². The lowest BCUT2D eigenvalue weighted by Crippen LogP contribution is -2.38. The van der Waals surface area contributed by atoms with Crippen LogP contribution in [0.1, 0.15) is 70.1 Å². The number of allylic oxidation sites excluding steroid dienone is 8. The molecule has 2 aromatic carbocycles. The van der Waals surface area contributed by atoms with Crippen molar-refractivity contribution in [1.29, 1.82) is 0 Å². The molecule has 7 nitrogen and oxygen atoms in total. The second-order valence-electron chi connectivity index (χ2n) is 13.9. The van der Waals surface area contributed by atoms with E-state index in [0.29, 0.717) is 5.57 Å². The highest BCUT2D eigenvalue weighted by atomic mass is 16.3. The maximum absolute atomic E-state index is 13.9. The summed E-state index contributed by atoms with van der Waals surface area (Å²) >= 11 is 0. The third-order valence-corrected chi connectivity index (χ3v) is 10.4. The van der Waals surface area contributed by atoms with Crippen molar-refractivity contribution < 1.29 is 9.68 Å². The van der Waals surface area contributed by atoms with Crippen LogP contribution >= 0.6 is 0 Å². The molecule has 46 heavy (non-hydrogen) atoms. The number of likely N-dealkylation sites (N-methyl/N-ethyl adjacent to an activating group) is 1. The topological polar surface area (TPSA) is 70.5 Å². The average Bonchev–Trinajstić information content (AvgIpc) is 3.23. The highest BCUT2D eigenvalue weighted by Gasteiger charge is 2.43. The second-order valence-corrected chi connectivity index (χ2v) is 13.9. The highest BCUT2D eigenvalue weighted by Crippen LogP contribution is 2.47. The second kappa shape index (κ2) is 11.3. The first-order valence-corrected chi connectivity index (χ1v) is 16.1. The molecule has 0 spiro atoms. The number of para-hydroxylation sites is 2. The molecule has 1 aliphatic carbocycles. The smallest absolute Gasteiger partial charge is 0.333 e. The molecule has 0 amide bonds. The molecule has 0 bridgehead atoms. The van der Waals surface area contributed by atoms with Gasteiger partial charge in [-0.05, 0) is 74.0 Å². The van der Waals surface area contributed by atoms with E-state index in [4.69, 9.17) is 0 Å². The van der Waals surface area contributed by atoms with E-state index >= 15 is 0 Å². The molecule has 1 aromatic heterocycles. The van der Waals surface area contributed by atoms with E-state index in [1.807, 2.05) is 0 Å². The number of rotatable bonds is 4. The van der Waals surface area contributed by atoms with Gasteiger partial charge in [0.2, 0.25) is 11.6 Å². The summed E-state index contributed by atoms with van der Waals surface area (Å²) in [7, 11) is 7.18. The Morgan fingerprint density at radius 2 is 1.46 bits per heavy atom. The Bertz CT molecular complexity index is 2050. The monoisotopic (exact) mass is 617 g/mol. The molecule has 6 rings (SSSR count). The first-order chi connectivity index (χ1) is 21.8. The van der Waals surface area contributed by atoms with Crippen LogP contribution in [-0.2, 0) is 24.9 Å². The minimum Gasteiger partial charge on any atom is -0.494 e. The van der Waals surface area contributed by atoms with Crippen LogP contribution in [0.25, 0.3) is 5.57 Å². The quantitative estimate of drug-likeness (QED) is 0.334. The minimum absolute atomic E-state index is 0.172. The molecular formula is C39H45N4O3+. The van der Waals surface area contributed by atoms with Gasteiger partial charge in [0, 0.05) is 55.6 Å². The lowest BCUT2D eigenvalue weighted by Gasteiger charge is -2.24. The summed E-state index contributed by atoms with van der Waals surface area (Å²) in [4.78, 5) is 28.9. The summed E-state index contributed by atoms with van der Waals surface area (Å²) in [5.41, 5.74) is 8.59. The summed E-state index contributed by atoms with van der Waals surface area (Å²) in [6, 6.07) is 17.0. The molecule has 0 atom stereocenters. The van der Waals surface area contributed by atoms with Gasteiger partial charge in [0.25, 0.3) is 5.56 Å². The summed E-state index contributed by atoms with van der Waals surface area (Å²) in [6.07, 6.45) is 12.0. The van der Waals surface area contributed by atoms with E-state index in [1.165, 1.54) is 36.6 Å².